The largest absolute Gasteiger partial charge is 0.319 e. The van der Waals surface area contributed by atoms with Crippen LogP contribution in [0.25, 0.3) is 0 Å². The summed E-state index contributed by atoms with van der Waals surface area (Å²) < 4.78 is 0. The van der Waals surface area contributed by atoms with Crippen LogP contribution in [0.2, 0.25) is 6.82 Å². The van der Waals surface area contributed by atoms with Gasteiger partial charge in [-0.2, -0.15) is 0 Å². The van der Waals surface area contributed by atoms with Crippen LogP contribution in [-0.4, -0.2) is 19.8 Å². The van der Waals surface area contributed by atoms with Gasteiger partial charge < -0.3 is 5.32 Å². The van der Waals surface area contributed by atoms with Crippen LogP contribution in [0.15, 0.2) is 0 Å². The summed E-state index contributed by atoms with van der Waals surface area (Å²) in [5.74, 6) is 0.884. The van der Waals surface area contributed by atoms with Crippen molar-refractivity contribution in [2.24, 2.45) is 0 Å². The van der Waals surface area contributed by atoms with Gasteiger partial charge in [0.15, 0.2) is 0 Å². The Morgan fingerprint density at radius 2 is 2.60 bits per heavy atom. The average Bonchev–Trinajstić information content (AvgIpc) is 2.12. The maximum absolute atomic E-state index is 3.18. The molecular weight excluding hydrogens is 60.9 g/mol. The molecule has 1 aliphatic rings. The van der Waals surface area contributed by atoms with Crippen molar-refractivity contribution in [2.45, 2.75) is 12.8 Å². The predicted octanol–water partition coefficient (Wildman–Crippen LogP) is -0.600. The molecule has 1 nitrogen and oxygen atoms in total. The second kappa shape index (κ2) is 1.01. The highest BCUT2D eigenvalue weighted by molar-refractivity contribution is 6.37. The van der Waals surface area contributed by atoms with E-state index < -0.39 is 0 Å². The van der Waals surface area contributed by atoms with E-state index in [1.54, 1.807) is 0 Å². The summed E-state index contributed by atoms with van der Waals surface area (Å²) in [7, 11) is 1.31. The molecule has 1 fully saturated rings. The van der Waals surface area contributed by atoms with Crippen molar-refractivity contribution >= 4 is 7.28 Å². The Morgan fingerprint density at radius 1 is 2.00 bits per heavy atom. The van der Waals surface area contributed by atoms with Crippen LogP contribution in [0.4, 0.5) is 0 Å². The third kappa shape index (κ3) is 0.654. The summed E-state index contributed by atoms with van der Waals surface area (Å²) in [5.41, 5.74) is 0. The fraction of sp³-hybridized carbons (Fsp3) is 1.00. The highest BCUT2D eigenvalue weighted by atomic mass is 15.1. The molecule has 28 valence electrons. The first kappa shape index (κ1) is 3.22. The topological polar surface area (TPSA) is 21.9 Å². The molecule has 0 aromatic rings. The van der Waals surface area contributed by atoms with E-state index >= 15 is 0 Å². The van der Waals surface area contributed by atoms with Crippen LogP contribution in [0, 0.1) is 0 Å². The number of hydrogen-bond acceptors (Lipinski definition) is 1. The first-order valence-electron chi connectivity index (χ1n) is 2.17. The molecule has 0 saturated carbocycles. The first-order valence-corrected chi connectivity index (χ1v) is 2.17. The molecule has 0 radical (unpaired) electrons. The van der Waals surface area contributed by atoms with Crippen LogP contribution in [0.1, 0.15) is 0 Å². The Balaban J connectivity index is 2.00. The van der Waals surface area contributed by atoms with Gasteiger partial charge in [0.1, 0.15) is 7.28 Å². The van der Waals surface area contributed by atoms with E-state index in [4.69, 9.17) is 0 Å². The fourth-order valence-corrected chi connectivity index (χ4v) is 0.372. The lowest BCUT2D eigenvalue weighted by molar-refractivity contribution is 1.29. The molecule has 1 rings (SSSR count). The maximum atomic E-state index is 3.18. The lowest BCUT2D eigenvalue weighted by Gasteiger charge is -1.67. The van der Waals surface area contributed by atoms with Gasteiger partial charge in [-0.1, -0.05) is 6.82 Å². The molecule has 2 heteroatoms. The molecule has 0 bridgehead atoms. The molecule has 1 heterocycles. The minimum absolute atomic E-state index is 0.884. The Morgan fingerprint density at radius 3 is 2.60 bits per heavy atom. The van der Waals surface area contributed by atoms with E-state index in [0.29, 0.717) is 0 Å². The highest BCUT2D eigenvalue weighted by Gasteiger charge is 2.16. The van der Waals surface area contributed by atoms with Gasteiger partial charge in [-0.05, 0) is 5.94 Å². The van der Waals surface area contributed by atoms with Crippen LogP contribution in [0.3, 0.4) is 0 Å². The molecule has 0 aromatic carbocycles. The standard InChI is InChI=1S/C3H8BN/c1-4-3-2-5-3/h3-5H,2H2,1H3. The lowest BCUT2D eigenvalue weighted by Crippen LogP contribution is -1.95. The predicted molar refractivity (Wildman–Crippen MR) is 24.8 cm³/mol. The molecule has 0 aliphatic carbocycles. The molecule has 1 atom stereocenters. The summed E-state index contributed by atoms with van der Waals surface area (Å²) in [6, 6.07) is 0. The SMILES string of the molecule is CBC1CN1. The summed E-state index contributed by atoms with van der Waals surface area (Å²) in [5, 5.41) is 3.18. The Labute approximate surface area is 33.0 Å². The Kier molecular flexibility index (Phi) is 0.654. The Bertz CT molecular complexity index is 33.9. The third-order valence-electron chi connectivity index (χ3n) is 0.986. The monoisotopic (exact) mass is 69.1 g/mol. The number of hydrogen-bond donors (Lipinski definition) is 1. The molecular formula is C3H8BN. The molecule has 1 unspecified atom stereocenters. The van der Waals surface area contributed by atoms with Crippen LogP contribution in [0.5, 0.6) is 0 Å². The van der Waals surface area contributed by atoms with Crippen molar-refractivity contribution in [3.8, 4) is 0 Å². The highest BCUT2D eigenvalue weighted by Crippen LogP contribution is 1.89. The molecule has 5 heavy (non-hydrogen) atoms. The van der Waals surface area contributed by atoms with E-state index in [-0.39, 0.29) is 0 Å². The van der Waals surface area contributed by atoms with Gasteiger partial charge in [-0.25, -0.2) is 0 Å². The summed E-state index contributed by atoms with van der Waals surface area (Å²) in [6.07, 6.45) is 0. The molecule has 0 aromatic heterocycles. The lowest BCUT2D eigenvalue weighted by atomic mass is 9.78. The first-order chi connectivity index (χ1) is 2.43. The quantitative estimate of drug-likeness (QED) is 0.322. The zero-order valence-electron chi connectivity index (χ0n) is 3.49. The van der Waals surface area contributed by atoms with Crippen LogP contribution in [-0.2, 0) is 0 Å². The molecule has 1 N–H and O–H groups in total. The molecule has 0 amide bonds. The van der Waals surface area contributed by atoms with Gasteiger partial charge in [0.25, 0.3) is 0 Å². The summed E-state index contributed by atoms with van der Waals surface area (Å²) in [6.45, 7) is 3.46. The normalized spacial score (nSPS) is 33.4. The molecule has 1 saturated heterocycles. The minimum atomic E-state index is 0.884. The van der Waals surface area contributed by atoms with E-state index in [9.17, 15) is 0 Å². The zero-order valence-corrected chi connectivity index (χ0v) is 3.49. The second-order valence-electron chi connectivity index (χ2n) is 1.51. The van der Waals surface area contributed by atoms with Crippen LogP contribution < -0.4 is 5.32 Å². The van der Waals surface area contributed by atoms with E-state index in [0.717, 1.165) is 5.94 Å². The van der Waals surface area contributed by atoms with Gasteiger partial charge in [-0.3, -0.25) is 0 Å². The number of nitrogens with one attached hydrogen (secondary N) is 1. The van der Waals surface area contributed by atoms with Crippen molar-refractivity contribution in [2.75, 3.05) is 6.54 Å². The van der Waals surface area contributed by atoms with Crippen molar-refractivity contribution in [1.82, 2.24) is 5.32 Å². The van der Waals surface area contributed by atoms with E-state index in [1.807, 2.05) is 0 Å². The summed E-state index contributed by atoms with van der Waals surface area (Å²) >= 11 is 0. The van der Waals surface area contributed by atoms with Gasteiger partial charge in [0.2, 0.25) is 0 Å². The third-order valence-corrected chi connectivity index (χ3v) is 0.986. The molecule has 0 spiro atoms. The minimum Gasteiger partial charge on any atom is -0.319 e. The van der Waals surface area contributed by atoms with Crippen molar-refractivity contribution in [3.63, 3.8) is 0 Å². The van der Waals surface area contributed by atoms with Crippen molar-refractivity contribution < 1.29 is 0 Å². The average molecular weight is 68.9 g/mol. The van der Waals surface area contributed by atoms with Gasteiger partial charge in [-0.15, -0.1) is 0 Å². The van der Waals surface area contributed by atoms with Gasteiger partial charge in [0.05, 0.1) is 0 Å². The van der Waals surface area contributed by atoms with Crippen LogP contribution >= 0.6 is 0 Å². The van der Waals surface area contributed by atoms with E-state index in [2.05, 4.69) is 12.1 Å². The summed E-state index contributed by atoms with van der Waals surface area (Å²) in [4.78, 5) is 0. The van der Waals surface area contributed by atoms with E-state index in [1.165, 1.54) is 13.8 Å². The fourth-order valence-electron chi connectivity index (χ4n) is 0.372. The number of rotatable bonds is 1. The van der Waals surface area contributed by atoms with Gasteiger partial charge >= 0.3 is 0 Å². The zero-order chi connectivity index (χ0) is 3.70. The second-order valence-corrected chi connectivity index (χ2v) is 1.51. The Hall–Kier alpha value is 0.0249. The molecule has 1 aliphatic heterocycles. The maximum Gasteiger partial charge on any atom is 0.140 e. The van der Waals surface area contributed by atoms with Gasteiger partial charge in [0, 0.05) is 6.54 Å². The smallest absolute Gasteiger partial charge is 0.140 e. The van der Waals surface area contributed by atoms with Crippen molar-refractivity contribution in [1.29, 1.82) is 0 Å². The van der Waals surface area contributed by atoms with Crippen molar-refractivity contribution in [3.05, 3.63) is 0 Å².